The van der Waals surface area contributed by atoms with Gasteiger partial charge in [0.15, 0.2) is 0 Å². The number of nitrogens with one attached hydrogen (secondary N) is 1. The summed E-state index contributed by atoms with van der Waals surface area (Å²) in [5.41, 5.74) is 1.45. The molecule has 1 amide bonds. The van der Waals surface area contributed by atoms with Gasteiger partial charge in [-0.25, -0.2) is 0 Å². The van der Waals surface area contributed by atoms with Gasteiger partial charge in [0.05, 0.1) is 7.11 Å². The molecule has 3 rings (SSSR count). The second-order valence-corrected chi connectivity index (χ2v) is 5.42. The smallest absolute Gasteiger partial charge is 0.266 e. The van der Waals surface area contributed by atoms with Crippen LogP contribution in [-0.2, 0) is 4.79 Å². The van der Waals surface area contributed by atoms with Crippen molar-refractivity contribution in [2.24, 2.45) is 0 Å². The van der Waals surface area contributed by atoms with E-state index >= 15 is 0 Å². The van der Waals surface area contributed by atoms with Crippen LogP contribution in [0.25, 0.3) is 17.4 Å². The number of rotatable bonds is 5. The molecule has 3 aromatic rings. The van der Waals surface area contributed by atoms with Crippen LogP contribution in [0.3, 0.4) is 0 Å². The Hall–Kier alpha value is -3.78. The minimum Gasteiger partial charge on any atom is -0.497 e. The molecule has 0 bridgehead atoms. The maximum atomic E-state index is 12.3. The number of hydrogen-bond acceptors (Lipinski definition) is 4. The van der Waals surface area contributed by atoms with Crippen LogP contribution in [0.4, 0.5) is 5.69 Å². The van der Waals surface area contributed by atoms with Crippen LogP contribution in [0.2, 0.25) is 0 Å². The van der Waals surface area contributed by atoms with Gasteiger partial charge < -0.3 is 14.5 Å². The Balaban J connectivity index is 1.76. The van der Waals surface area contributed by atoms with E-state index in [0.717, 1.165) is 5.56 Å². The third-order valence-electron chi connectivity index (χ3n) is 3.68. The summed E-state index contributed by atoms with van der Waals surface area (Å²) in [5, 5.41) is 12.0. The highest BCUT2D eigenvalue weighted by molar-refractivity contribution is 6.09. The van der Waals surface area contributed by atoms with Crippen molar-refractivity contribution in [2.75, 3.05) is 12.4 Å². The summed E-state index contributed by atoms with van der Waals surface area (Å²) in [4.78, 5) is 12.3. The first-order valence-electron chi connectivity index (χ1n) is 7.92. The molecule has 1 heterocycles. The monoisotopic (exact) mass is 344 g/mol. The van der Waals surface area contributed by atoms with Crippen molar-refractivity contribution in [2.45, 2.75) is 0 Å². The number of anilines is 1. The molecule has 0 saturated carbocycles. The molecule has 2 aromatic carbocycles. The zero-order chi connectivity index (χ0) is 18.4. The van der Waals surface area contributed by atoms with E-state index in [2.05, 4.69) is 5.32 Å². The largest absolute Gasteiger partial charge is 0.497 e. The van der Waals surface area contributed by atoms with Crippen LogP contribution in [0.1, 0.15) is 5.76 Å². The number of carbonyl (C=O) groups is 1. The average molecular weight is 344 g/mol. The van der Waals surface area contributed by atoms with Crippen molar-refractivity contribution in [1.82, 2.24) is 0 Å². The number of furan rings is 1. The molecule has 5 heteroatoms. The third-order valence-corrected chi connectivity index (χ3v) is 3.68. The fourth-order valence-corrected chi connectivity index (χ4v) is 2.35. The first-order chi connectivity index (χ1) is 12.7. The summed E-state index contributed by atoms with van der Waals surface area (Å²) in [7, 11) is 1.57. The molecule has 5 nitrogen and oxygen atoms in total. The van der Waals surface area contributed by atoms with Crippen LogP contribution in [0, 0.1) is 11.3 Å². The highest BCUT2D eigenvalue weighted by atomic mass is 16.5. The molecular formula is C21H16N2O3. The van der Waals surface area contributed by atoms with Crippen molar-refractivity contribution in [3.63, 3.8) is 0 Å². The van der Waals surface area contributed by atoms with E-state index in [1.54, 1.807) is 43.5 Å². The molecule has 0 saturated heterocycles. The van der Waals surface area contributed by atoms with E-state index in [1.165, 1.54) is 6.08 Å². The lowest BCUT2D eigenvalue weighted by molar-refractivity contribution is -0.112. The molecule has 1 aromatic heterocycles. The first kappa shape index (κ1) is 17.1. The van der Waals surface area contributed by atoms with Gasteiger partial charge in [0, 0.05) is 17.3 Å². The Morgan fingerprint density at radius 3 is 2.46 bits per heavy atom. The summed E-state index contributed by atoms with van der Waals surface area (Å²) < 4.78 is 10.8. The van der Waals surface area contributed by atoms with Crippen LogP contribution < -0.4 is 10.1 Å². The summed E-state index contributed by atoms with van der Waals surface area (Å²) in [6.45, 7) is 0. The summed E-state index contributed by atoms with van der Waals surface area (Å²) in [6, 6.07) is 21.9. The second-order valence-electron chi connectivity index (χ2n) is 5.42. The fourth-order valence-electron chi connectivity index (χ4n) is 2.35. The lowest BCUT2D eigenvalue weighted by Gasteiger charge is -2.05. The molecule has 26 heavy (non-hydrogen) atoms. The number of nitriles is 1. The van der Waals surface area contributed by atoms with Gasteiger partial charge in [-0.1, -0.05) is 30.3 Å². The Morgan fingerprint density at radius 2 is 1.81 bits per heavy atom. The normalized spacial score (nSPS) is 10.8. The number of ether oxygens (including phenoxy) is 1. The predicted molar refractivity (Wildman–Crippen MR) is 99.4 cm³/mol. The van der Waals surface area contributed by atoms with Crippen LogP contribution in [0.5, 0.6) is 5.75 Å². The van der Waals surface area contributed by atoms with Crippen LogP contribution in [0.15, 0.2) is 76.7 Å². The minimum absolute atomic E-state index is 0.0465. The van der Waals surface area contributed by atoms with Gasteiger partial charge >= 0.3 is 0 Å². The Morgan fingerprint density at radius 1 is 1.08 bits per heavy atom. The lowest BCUT2D eigenvalue weighted by Crippen LogP contribution is -2.13. The number of amides is 1. The van der Waals surface area contributed by atoms with E-state index in [1.807, 2.05) is 36.4 Å². The van der Waals surface area contributed by atoms with Crippen LogP contribution in [-0.4, -0.2) is 13.0 Å². The molecule has 0 unspecified atom stereocenters. The SMILES string of the molecule is COc1ccc(NC(=O)/C(C#N)=C/c2ccc(-c3ccccc3)o2)cc1. The maximum absolute atomic E-state index is 12.3. The third kappa shape index (κ3) is 4.00. The van der Waals surface area contributed by atoms with E-state index < -0.39 is 5.91 Å². The minimum atomic E-state index is -0.504. The Bertz CT molecular complexity index is 964. The topological polar surface area (TPSA) is 75.3 Å². The van der Waals surface area contributed by atoms with Crippen molar-refractivity contribution in [1.29, 1.82) is 5.26 Å². The zero-order valence-corrected chi connectivity index (χ0v) is 14.1. The molecule has 0 aliphatic heterocycles. The molecule has 0 aliphatic carbocycles. The van der Waals surface area contributed by atoms with Gasteiger partial charge in [0.2, 0.25) is 0 Å². The summed E-state index contributed by atoms with van der Waals surface area (Å²) in [6.07, 6.45) is 1.42. The fraction of sp³-hybridized carbons (Fsp3) is 0.0476. The van der Waals surface area contributed by atoms with Crippen molar-refractivity contribution >= 4 is 17.7 Å². The van der Waals surface area contributed by atoms with Gasteiger partial charge in [0.1, 0.15) is 28.9 Å². The predicted octanol–water partition coefficient (Wildman–Crippen LogP) is 4.50. The zero-order valence-electron chi connectivity index (χ0n) is 14.1. The van der Waals surface area contributed by atoms with Crippen molar-refractivity contribution in [3.8, 4) is 23.1 Å². The van der Waals surface area contributed by atoms with E-state index in [0.29, 0.717) is 23.0 Å². The Labute approximate surface area is 151 Å². The van der Waals surface area contributed by atoms with Gasteiger partial charge in [-0.15, -0.1) is 0 Å². The highest BCUT2D eigenvalue weighted by Crippen LogP contribution is 2.23. The molecule has 0 radical (unpaired) electrons. The van der Waals surface area contributed by atoms with Crippen molar-refractivity contribution in [3.05, 3.63) is 78.1 Å². The molecule has 128 valence electrons. The second kappa shape index (κ2) is 7.86. The number of benzene rings is 2. The van der Waals surface area contributed by atoms with Gasteiger partial charge in [-0.05, 0) is 36.4 Å². The van der Waals surface area contributed by atoms with Gasteiger partial charge in [-0.3, -0.25) is 4.79 Å². The summed E-state index contributed by atoms with van der Waals surface area (Å²) >= 11 is 0. The molecule has 0 aliphatic rings. The number of methoxy groups -OCH3 is 1. The van der Waals surface area contributed by atoms with Crippen molar-refractivity contribution < 1.29 is 13.9 Å². The first-order valence-corrected chi connectivity index (χ1v) is 7.92. The number of nitrogens with zero attached hydrogens (tertiary/aromatic N) is 1. The maximum Gasteiger partial charge on any atom is 0.266 e. The molecule has 0 atom stereocenters. The van der Waals surface area contributed by atoms with E-state index in [-0.39, 0.29) is 5.57 Å². The molecule has 1 N–H and O–H groups in total. The average Bonchev–Trinajstić information content (AvgIpc) is 3.16. The number of hydrogen-bond donors (Lipinski definition) is 1. The van der Waals surface area contributed by atoms with E-state index in [9.17, 15) is 10.1 Å². The lowest BCUT2D eigenvalue weighted by atomic mass is 10.2. The van der Waals surface area contributed by atoms with Gasteiger partial charge in [-0.2, -0.15) is 5.26 Å². The molecule has 0 fully saturated rings. The standard InChI is InChI=1S/C21H16N2O3/c1-25-18-9-7-17(8-10-18)23-21(24)16(14-22)13-19-11-12-20(26-19)15-5-3-2-4-6-15/h2-13H,1H3,(H,23,24)/b16-13+. The van der Waals surface area contributed by atoms with E-state index in [4.69, 9.17) is 9.15 Å². The Kier molecular flexibility index (Phi) is 5.16. The summed E-state index contributed by atoms with van der Waals surface area (Å²) in [5.74, 6) is 1.29. The van der Waals surface area contributed by atoms with Gasteiger partial charge in [0.25, 0.3) is 5.91 Å². The number of carbonyl (C=O) groups excluding carboxylic acids is 1. The molecular weight excluding hydrogens is 328 g/mol. The quantitative estimate of drug-likeness (QED) is 0.546. The molecule has 0 spiro atoms. The van der Waals surface area contributed by atoms with Crippen LogP contribution >= 0.6 is 0 Å². The highest BCUT2D eigenvalue weighted by Gasteiger charge is 2.11.